The third kappa shape index (κ3) is 2.69. The minimum absolute atomic E-state index is 0.00602. The number of rotatable bonds is 5. The number of sulfonamides is 1. The number of hydrogen-bond donors (Lipinski definition) is 1. The first-order valence-corrected chi connectivity index (χ1v) is 7.73. The van der Waals surface area contributed by atoms with Crippen molar-refractivity contribution >= 4 is 15.7 Å². The molecule has 1 aromatic carbocycles. The fourth-order valence-electron chi connectivity index (χ4n) is 2.14. The quantitative estimate of drug-likeness (QED) is 0.835. The minimum atomic E-state index is -3.55. The van der Waals surface area contributed by atoms with Gasteiger partial charge in [-0.1, -0.05) is 0 Å². The van der Waals surface area contributed by atoms with E-state index in [1.807, 2.05) is 6.92 Å². The maximum Gasteiger partial charge on any atom is 0.245 e. The molecule has 2 N–H and O–H groups in total. The molecule has 0 bridgehead atoms. The Hall–Kier alpha value is -1.27. The van der Waals surface area contributed by atoms with Gasteiger partial charge in [0, 0.05) is 19.2 Å². The Balaban J connectivity index is 2.33. The molecule has 0 aliphatic heterocycles. The van der Waals surface area contributed by atoms with Crippen molar-refractivity contribution in [3.63, 3.8) is 0 Å². The second kappa shape index (κ2) is 5.02. The molecule has 19 heavy (non-hydrogen) atoms. The molecule has 1 aliphatic carbocycles. The molecule has 0 radical (unpaired) electrons. The van der Waals surface area contributed by atoms with Crippen molar-refractivity contribution in [2.75, 3.05) is 19.9 Å². The Morgan fingerprint density at radius 2 is 2.05 bits per heavy atom. The Morgan fingerprint density at radius 1 is 1.42 bits per heavy atom. The number of methoxy groups -OCH3 is 1. The lowest BCUT2D eigenvalue weighted by atomic mass is 10.2. The summed E-state index contributed by atoms with van der Waals surface area (Å²) in [5.41, 5.74) is 6.04. The van der Waals surface area contributed by atoms with Crippen LogP contribution in [-0.4, -0.2) is 32.9 Å². The molecule has 2 rings (SSSR count). The lowest BCUT2D eigenvalue weighted by Gasteiger charge is -2.24. The molecule has 0 aromatic heterocycles. The summed E-state index contributed by atoms with van der Waals surface area (Å²) in [7, 11) is -0.415. The van der Waals surface area contributed by atoms with Gasteiger partial charge in [-0.3, -0.25) is 0 Å². The largest absolute Gasteiger partial charge is 0.497 e. The van der Waals surface area contributed by atoms with Crippen molar-refractivity contribution in [1.82, 2.24) is 4.31 Å². The first-order valence-electron chi connectivity index (χ1n) is 6.29. The molecule has 6 heteroatoms. The van der Waals surface area contributed by atoms with Crippen molar-refractivity contribution < 1.29 is 13.2 Å². The second-order valence-electron chi connectivity index (χ2n) is 5.00. The molecule has 5 nitrogen and oxygen atoms in total. The summed E-state index contributed by atoms with van der Waals surface area (Å²) in [5, 5.41) is 0. The van der Waals surface area contributed by atoms with Gasteiger partial charge in [0.1, 0.15) is 10.6 Å². The predicted octanol–water partition coefficient (Wildman–Crippen LogP) is 1.70. The van der Waals surface area contributed by atoms with Crippen LogP contribution in [0.2, 0.25) is 0 Å². The Kier molecular flexibility index (Phi) is 3.73. The summed E-state index contributed by atoms with van der Waals surface area (Å²) in [6.07, 6.45) is 2.19. The van der Waals surface area contributed by atoms with Crippen LogP contribution in [-0.2, 0) is 10.0 Å². The van der Waals surface area contributed by atoms with Crippen LogP contribution in [0.4, 0.5) is 5.69 Å². The van der Waals surface area contributed by atoms with E-state index >= 15 is 0 Å². The molecule has 1 fully saturated rings. The van der Waals surface area contributed by atoms with Crippen molar-refractivity contribution in [2.24, 2.45) is 5.92 Å². The molecule has 1 atom stereocenters. The van der Waals surface area contributed by atoms with E-state index in [-0.39, 0.29) is 16.6 Å². The van der Waals surface area contributed by atoms with Gasteiger partial charge in [-0.05, 0) is 37.8 Å². The van der Waals surface area contributed by atoms with Crippen molar-refractivity contribution in [1.29, 1.82) is 0 Å². The lowest BCUT2D eigenvalue weighted by molar-refractivity contribution is 0.357. The third-order valence-corrected chi connectivity index (χ3v) is 5.77. The van der Waals surface area contributed by atoms with Gasteiger partial charge in [0.25, 0.3) is 0 Å². The third-order valence-electron chi connectivity index (χ3n) is 3.75. The van der Waals surface area contributed by atoms with E-state index in [0.717, 1.165) is 12.8 Å². The van der Waals surface area contributed by atoms with Crippen molar-refractivity contribution in [3.05, 3.63) is 18.2 Å². The molecule has 1 aliphatic rings. The molecule has 0 amide bonds. The fraction of sp³-hybridized carbons (Fsp3) is 0.538. The Labute approximate surface area is 114 Å². The Morgan fingerprint density at radius 3 is 2.53 bits per heavy atom. The van der Waals surface area contributed by atoms with Gasteiger partial charge in [0.05, 0.1) is 12.8 Å². The molecule has 1 unspecified atom stereocenters. The summed E-state index contributed by atoms with van der Waals surface area (Å²) in [6, 6.07) is 4.65. The van der Waals surface area contributed by atoms with E-state index in [9.17, 15) is 8.42 Å². The zero-order chi connectivity index (χ0) is 14.2. The average molecular weight is 284 g/mol. The molecular weight excluding hydrogens is 264 g/mol. The van der Waals surface area contributed by atoms with E-state index in [1.165, 1.54) is 23.5 Å². The van der Waals surface area contributed by atoms with Gasteiger partial charge in [0.15, 0.2) is 0 Å². The normalized spacial score (nSPS) is 17.5. The van der Waals surface area contributed by atoms with Crippen LogP contribution in [0.3, 0.4) is 0 Å². The van der Waals surface area contributed by atoms with Crippen LogP contribution in [0.25, 0.3) is 0 Å². The highest BCUT2D eigenvalue weighted by molar-refractivity contribution is 7.89. The van der Waals surface area contributed by atoms with Gasteiger partial charge in [0.2, 0.25) is 10.0 Å². The zero-order valence-electron chi connectivity index (χ0n) is 11.5. The van der Waals surface area contributed by atoms with Gasteiger partial charge in [-0.25, -0.2) is 8.42 Å². The maximum atomic E-state index is 12.5. The number of ether oxygens (including phenoxy) is 1. The summed E-state index contributed by atoms with van der Waals surface area (Å²) >= 11 is 0. The van der Waals surface area contributed by atoms with Crippen molar-refractivity contribution in [2.45, 2.75) is 30.7 Å². The molecule has 0 spiro atoms. The van der Waals surface area contributed by atoms with Crippen LogP contribution in [0.5, 0.6) is 5.75 Å². The topological polar surface area (TPSA) is 72.6 Å². The van der Waals surface area contributed by atoms with E-state index < -0.39 is 10.0 Å². The van der Waals surface area contributed by atoms with E-state index in [4.69, 9.17) is 10.5 Å². The SMILES string of the molecule is COc1ccc(S(=O)(=O)N(C)C(C)C2CC2)c(N)c1. The number of nitrogens with zero attached hydrogens (tertiary/aromatic N) is 1. The van der Waals surface area contributed by atoms with Crippen LogP contribution in [0.1, 0.15) is 19.8 Å². The summed E-state index contributed by atoms with van der Waals surface area (Å²) in [6.45, 7) is 1.94. The van der Waals surface area contributed by atoms with Crippen LogP contribution < -0.4 is 10.5 Å². The van der Waals surface area contributed by atoms with Crippen molar-refractivity contribution in [3.8, 4) is 5.75 Å². The number of nitrogens with two attached hydrogens (primary N) is 1. The monoisotopic (exact) mass is 284 g/mol. The second-order valence-corrected chi connectivity index (χ2v) is 6.97. The van der Waals surface area contributed by atoms with Crippen LogP contribution in [0.15, 0.2) is 23.1 Å². The minimum Gasteiger partial charge on any atom is -0.497 e. The van der Waals surface area contributed by atoms with Gasteiger partial charge < -0.3 is 10.5 Å². The first kappa shape index (κ1) is 14.1. The summed E-state index contributed by atoms with van der Waals surface area (Å²) in [5.74, 6) is 1.02. The highest BCUT2D eigenvalue weighted by Gasteiger charge is 2.36. The summed E-state index contributed by atoms with van der Waals surface area (Å²) in [4.78, 5) is 0.142. The summed E-state index contributed by atoms with van der Waals surface area (Å²) < 4.78 is 31.5. The smallest absolute Gasteiger partial charge is 0.245 e. The van der Waals surface area contributed by atoms with E-state index in [0.29, 0.717) is 11.7 Å². The molecule has 0 heterocycles. The average Bonchev–Trinajstić information content (AvgIpc) is 3.20. The highest BCUT2D eigenvalue weighted by atomic mass is 32.2. The number of nitrogen functional groups attached to an aromatic ring is 1. The first-order chi connectivity index (χ1) is 8.87. The lowest BCUT2D eigenvalue weighted by Crippen LogP contribution is -2.36. The Bertz CT molecular complexity index is 567. The van der Waals surface area contributed by atoms with Gasteiger partial charge in [-0.15, -0.1) is 0 Å². The molecule has 1 saturated carbocycles. The number of benzene rings is 1. The standard InChI is InChI=1S/C13H20N2O3S/c1-9(10-4-5-10)15(2)19(16,17)13-7-6-11(18-3)8-12(13)14/h6-10H,4-5,14H2,1-3H3. The van der Waals surface area contributed by atoms with Crippen LogP contribution >= 0.6 is 0 Å². The molecule has 1 aromatic rings. The predicted molar refractivity (Wildman–Crippen MR) is 74.5 cm³/mol. The zero-order valence-corrected chi connectivity index (χ0v) is 12.3. The highest BCUT2D eigenvalue weighted by Crippen LogP contribution is 2.37. The molecular formula is C13H20N2O3S. The fourth-order valence-corrected chi connectivity index (χ4v) is 3.65. The molecule has 106 valence electrons. The molecule has 0 saturated heterocycles. The number of hydrogen-bond acceptors (Lipinski definition) is 4. The maximum absolute atomic E-state index is 12.5. The number of anilines is 1. The van der Waals surface area contributed by atoms with Gasteiger partial charge >= 0.3 is 0 Å². The van der Waals surface area contributed by atoms with E-state index in [1.54, 1.807) is 13.1 Å². The van der Waals surface area contributed by atoms with Crippen LogP contribution in [0, 0.1) is 5.92 Å². The van der Waals surface area contributed by atoms with E-state index in [2.05, 4.69) is 0 Å². The van der Waals surface area contributed by atoms with Gasteiger partial charge in [-0.2, -0.15) is 4.31 Å².